The zero-order valence-corrected chi connectivity index (χ0v) is 12.0. The minimum absolute atomic E-state index is 0.135. The summed E-state index contributed by atoms with van der Waals surface area (Å²) in [5, 5.41) is 0. The van der Waals surface area contributed by atoms with E-state index in [-0.39, 0.29) is 5.92 Å². The molecule has 2 aliphatic rings. The number of rotatable bonds is 2. The second kappa shape index (κ2) is 4.93. The van der Waals surface area contributed by atoms with Crippen molar-refractivity contribution in [2.24, 2.45) is 17.3 Å². The summed E-state index contributed by atoms with van der Waals surface area (Å²) in [6.07, 6.45) is 0. The number of hydrogen-bond donors (Lipinski definition) is 0. The molecule has 0 atom stereocenters. The van der Waals surface area contributed by atoms with E-state index in [9.17, 15) is 4.79 Å². The Bertz CT molecular complexity index is 375. The Labute approximate surface area is 111 Å². The van der Waals surface area contributed by atoms with Crippen molar-refractivity contribution in [1.29, 1.82) is 0 Å². The smallest absolute Gasteiger partial charge is 0.225 e. The molecular formula is C15H24N2O. The Morgan fingerprint density at radius 2 is 1.78 bits per heavy atom. The van der Waals surface area contributed by atoms with Crippen LogP contribution in [0.2, 0.25) is 0 Å². The third kappa shape index (κ3) is 2.70. The van der Waals surface area contributed by atoms with Gasteiger partial charge in [-0.1, -0.05) is 39.5 Å². The van der Waals surface area contributed by atoms with E-state index in [0.29, 0.717) is 17.2 Å². The first-order valence-electron chi connectivity index (χ1n) is 6.91. The van der Waals surface area contributed by atoms with E-state index in [2.05, 4.69) is 30.6 Å². The highest BCUT2D eigenvalue weighted by atomic mass is 16.2. The SMILES string of the molecule is CC(C)C#CCN1CC2(C1)CN(C(=O)C(C)C)C2. The fourth-order valence-corrected chi connectivity index (χ4v) is 2.86. The molecule has 1 amide bonds. The summed E-state index contributed by atoms with van der Waals surface area (Å²) in [6, 6.07) is 0. The first-order valence-corrected chi connectivity index (χ1v) is 6.91. The molecule has 0 saturated carbocycles. The lowest BCUT2D eigenvalue weighted by Gasteiger charge is -2.60. The predicted molar refractivity (Wildman–Crippen MR) is 72.9 cm³/mol. The van der Waals surface area contributed by atoms with Gasteiger partial charge in [-0.2, -0.15) is 0 Å². The van der Waals surface area contributed by atoms with E-state index in [1.165, 1.54) is 0 Å². The number of hydrogen-bond acceptors (Lipinski definition) is 2. The molecule has 2 aliphatic heterocycles. The molecule has 2 fully saturated rings. The van der Waals surface area contributed by atoms with Crippen molar-refractivity contribution in [3.05, 3.63) is 0 Å². The van der Waals surface area contributed by atoms with Crippen LogP contribution in [0.25, 0.3) is 0 Å². The lowest BCUT2D eigenvalue weighted by molar-refractivity contribution is -0.160. The molecule has 1 spiro atoms. The molecule has 0 aromatic rings. The molecule has 2 heterocycles. The maximum atomic E-state index is 11.8. The third-order valence-corrected chi connectivity index (χ3v) is 3.67. The van der Waals surface area contributed by atoms with E-state index in [1.54, 1.807) is 0 Å². The molecule has 0 bridgehead atoms. The van der Waals surface area contributed by atoms with Crippen LogP contribution in [-0.4, -0.2) is 48.4 Å². The second-order valence-corrected chi connectivity index (χ2v) is 6.47. The van der Waals surface area contributed by atoms with E-state index in [1.807, 2.05) is 18.7 Å². The van der Waals surface area contributed by atoms with Gasteiger partial charge in [0, 0.05) is 43.4 Å². The number of amides is 1. The van der Waals surface area contributed by atoms with Crippen molar-refractivity contribution in [1.82, 2.24) is 9.80 Å². The minimum Gasteiger partial charge on any atom is -0.341 e. The van der Waals surface area contributed by atoms with Crippen LogP contribution in [-0.2, 0) is 4.79 Å². The van der Waals surface area contributed by atoms with E-state index in [4.69, 9.17) is 0 Å². The molecule has 0 aliphatic carbocycles. The minimum atomic E-state index is 0.135. The van der Waals surface area contributed by atoms with Crippen LogP contribution < -0.4 is 0 Å². The van der Waals surface area contributed by atoms with Crippen LogP contribution in [0.15, 0.2) is 0 Å². The first-order chi connectivity index (χ1) is 8.42. The highest BCUT2D eigenvalue weighted by molar-refractivity contribution is 5.79. The topological polar surface area (TPSA) is 23.6 Å². The quantitative estimate of drug-likeness (QED) is 0.691. The summed E-state index contributed by atoms with van der Waals surface area (Å²) < 4.78 is 0. The Balaban J connectivity index is 1.69. The van der Waals surface area contributed by atoms with Gasteiger partial charge in [-0.3, -0.25) is 9.69 Å². The van der Waals surface area contributed by atoms with Crippen LogP contribution in [0, 0.1) is 29.1 Å². The molecule has 18 heavy (non-hydrogen) atoms. The van der Waals surface area contributed by atoms with Gasteiger partial charge >= 0.3 is 0 Å². The van der Waals surface area contributed by atoms with Crippen LogP contribution in [0.1, 0.15) is 27.7 Å². The summed E-state index contributed by atoms with van der Waals surface area (Å²) in [6.45, 7) is 13.2. The largest absolute Gasteiger partial charge is 0.341 e. The van der Waals surface area contributed by atoms with Gasteiger partial charge in [-0.25, -0.2) is 0 Å². The highest BCUT2D eigenvalue weighted by Gasteiger charge is 2.52. The van der Waals surface area contributed by atoms with Gasteiger partial charge in [0.05, 0.1) is 6.54 Å². The Kier molecular flexibility index (Phi) is 3.68. The average Bonchev–Trinajstić information content (AvgIpc) is 2.16. The molecule has 0 aromatic heterocycles. The first kappa shape index (κ1) is 13.4. The van der Waals surface area contributed by atoms with Crippen molar-refractivity contribution in [2.45, 2.75) is 27.7 Å². The summed E-state index contributed by atoms with van der Waals surface area (Å²) in [4.78, 5) is 16.2. The molecule has 2 saturated heterocycles. The number of carbonyl (C=O) groups is 1. The zero-order chi connectivity index (χ0) is 13.3. The average molecular weight is 248 g/mol. The van der Waals surface area contributed by atoms with Crippen LogP contribution in [0.5, 0.6) is 0 Å². The van der Waals surface area contributed by atoms with Gasteiger partial charge in [-0.15, -0.1) is 0 Å². The molecule has 0 radical (unpaired) electrons. The van der Waals surface area contributed by atoms with Crippen molar-refractivity contribution in [3.8, 4) is 11.8 Å². The van der Waals surface area contributed by atoms with Crippen molar-refractivity contribution in [3.63, 3.8) is 0 Å². The van der Waals surface area contributed by atoms with Crippen LogP contribution in [0.3, 0.4) is 0 Å². The number of likely N-dealkylation sites (tertiary alicyclic amines) is 2. The molecule has 2 rings (SSSR count). The number of nitrogens with zero attached hydrogens (tertiary/aromatic N) is 2. The fraction of sp³-hybridized carbons (Fsp3) is 0.800. The zero-order valence-electron chi connectivity index (χ0n) is 12.0. The summed E-state index contributed by atoms with van der Waals surface area (Å²) >= 11 is 0. The highest BCUT2D eigenvalue weighted by Crippen LogP contribution is 2.39. The van der Waals surface area contributed by atoms with E-state index in [0.717, 1.165) is 32.7 Å². The second-order valence-electron chi connectivity index (χ2n) is 6.47. The Morgan fingerprint density at radius 3 is 2.28 bits per heavy atom. The molecular weight excluding hydrogens is 224 g/mol. The summed E-state index contributed by atoms with van der Waals surface area (Å²) in [5.74, 6) is 7.31. The summed E-state index contributed by atoms with van der Waals surface area (Å²) in [7, 11) is 0. The van der Waals surface area contributed by atoms with Gasteiger partial charge in [0.15, 0.2) is 0 Å². The van der Waals surface area contributed by atoms with Gasteiger partial charge in [0.25, 0.3) is 0 Å². The molecule has 0 N–H and O–H groups in total. The van der Waals surface area contributed by atoms with Gasteiger partial charge in [-0.05, 0) is 0 Å². The molecule has 100 valence electrons. The molecule has 3 heteroatoms. The predicted octanol–water partition coefficient (Wildman–Crippen LogP) is 1.45. The van der Waals surface area contributed by atoms with Gasteiger partial charge < -0.3 is 4.90 Å². The fourth-order valence-electron chi connectivity index (χ4n) is 2.86. The maximum Gasteiger partial charge on any atom is 0.225 e. The lowest BCUT2D eigenvalue weighted by atomic mass is 9.72. The standard InChI is InChI=1S/C15H24N2O/c1-12(2)6-5-7-16-8-15(9-16)10-17(11-15)14(18)13(3)4/h12-13H,7-11H2,1-4H3. The van der Waals surface area contributed by atoms with Crippen molar-refractivity contribution < 1.29 is 4.79 Å². The van der Waals surface area contributed by atoms with E-state index >= 15 is 0 Å². The Morgan fingerprint density at radius 1 is 1.17 bits per heavy atom. The van der Waals surface area contributed by atoms with Crippen LogP contribution >= 0.6 is 0 Å². The van der Waals surface area contributed by atoms with Gasteiger partial charge in [0.2, 0.25) is 5.91 Å². The van der Waals surface area contributed by atoms with Crippen molar-refractivity contribution >= 4 is 5.91 Å². The molecule has 0 aromatic carbocycles. The lowest BCUT2D eigenvalue weighted by Crippen LogP contribution is -2.73. The Hall–Kier alpha value is -1.01. The monoisotopic (exact) mass is 248 g/mol. The molecule has 0 unspecified atom stereocenters. The van der Waals surface area contributed by atoms with Crippen LogP contribution in [0.4, 0.5) is 0 Å². The molecule has 3 nitrogen and oxygen atoms in total. The third-order valence-electron chi connectivity index (χ3n) is 3.67. The van der Waals surface area contributed by atoms with Crippen molar-refractivity contribution in [2.75, 3.05) is 32.7 Å². The maximum absolute atomic E-state index is 11.8. The van der Waals surface area contributed by atoms with Gasteiger partial charge in [0.1, 0.15) is 0 Å². The summed E-state index contributed by atoms with van der Waals surface area (Å²) in [5.41, 5.74) is 0.407. The normalized spacial score (nSPS) is 21.6. The number of carbonyl (C=O) groups excluding carboxylic acids is 1. The van der Waals surface area contributed by atoms with E-state index < -0.39 is 0 Å².